The van der Waals surface area contributed by atoms with Gasteiger partial charge in [-0.3, -0.25) is 9.59 Å². The van der Waals surface area contributed by atoms with E-state index in [2.05, 4.69) is 16.8 Å². The van der Waals surface area contributed by atoms with Gasteiger partial charge in [0.05, 0.1) is 11.5 Å². The highest BCUT2D eigenvalue weighted by molar-refractivity contribution is 8.18. The Morgan fingerprint density at radius 2 is 2.00 bits per heavy atom. The predicted octanol–water partition coefficient (Wildman–Crippen LogP) is 2.61. The maximum absolute atomic E-state index is 12.3. The molecule has 0 saturated carbocycles. The van der Waals surface area contributed by atoms with E-state index in [1.165, 1.54) is 11.8 Å². The summed E-state index contributed by atoms with van der Waals surface area (Å²) < 4.78 is 5.76. The van der Waals surface area contributed by atoms with Crippen LogP contribution in [0.25, 0.3) is 6.08 Å². The van der Waals surface area contributed by atoms with Crippen LogP contribution < -0.4 is 4.74 Å². The van der Waals surface area contributed by atoms with Gasteiger partial charge in [-0.25, -0.2) is 0 Å². The summed E-state index contributed by atoms with van der Waals surface area (Å²) >= 11 is 1.39. The van der Waals surface area contributed by atoms with Crippen molar-refractivity contribution in [2.75, 3.05) is 32.8 Å². The lowest BCUT2D eigenvalue weighted by molar-refractivity contribution is -0.130. The Morgan fingerprint density at radius 1 is 1.27 bits per heavy atom. The first-order valence-corrected chi connectivity index (χ1v) is 9.65. The summed E-state index contributed by atoms with van der Waals surface area (Å²) in [5.74, 6) is 0.647. The van der Waals surface area contributed by atoms with Gasteiger partial charge < -0.3 is 14.5 Å². The van der Waals surface area contributed by atoms with Gasteiger partial charge in [-0.15, -0.1) is 0 Å². The van der Waals surface area contributed by atoms with Crippen LogP contribution in [0, 0.1) is 0 Å². The molecule has 6 nitrogen and oxygen atoms in total. The highest BCUT2D eigenvalue weighted by Crippen LogP contribution is 2.32. The number of aliphatic imine (C=N–C) groups is 1. The van der Waals surface area contributed by atoms with Crippen LogP contribution in [0.4, 0.5) is 0 Å². The van der Waals surface area contributed by atoms with Gasteiger partial charge in [0.25, 0.3) is 5.91 Å². The number of thioether (sulfide) groups is 1. The number of amidine groups is 1. The first-order valence-electron chi connectivity index (χ1n) is 8.83. The van der Waals surface area contributed by atoms with Crippen molar-refractivity contribution in [2.45, 2.75) is 20.3 Å². The quantitative estimate of drug-likeness (QED) is 0.759. The van der Waals surface area contributed by atoms with Crippen molar-refractivity contribution < 1.29 is 14.3 Å². The molecule has 0 aromatic heterocycles. The topological polar surface area (TPSA) is 62.2 Å². The first kappa shape index (κ1) is 18.5. The molecule has 0 radical (unpaired) electrons. The summed E-state index contributed by atoms with van der Waals surface area (Å²) in [6, 6.07) is 7.70. The zero-order valence-electron chi connectivity index (χ0n) is 15.1. The second-order valence-corrected chi connectivity index (χ2v) is 7.20. The van der Waals surface area contributed by atoms with Gasteiger partial charge in [0, 0.05) is 38.7 Å². The van der Waals surface area contributed by atoms with Gasteiger partial charge in [-0.05, 0) is 30.3 Å². The van der Waals surface area contributed by atoms with Crippen molar-refractivity contribution in [2.24, 2.45) is 4.99 Å². The van der Waals surface area contributed by atoms with Gasteiger partial charge >= 0.3 is 0 Å². The molecule has 0 aliphatic carbocycles. The Bertz CT molecular complexity index is 752. The number of amides is 2. The van der Waals surface area contributed by atoms with Crippen molar-refractivity contribution in [3.05, 3.63) is 34.7 Å². The van der Waals surface area contributed by atoms with E-state index in [0.717, 1.165) is 22.9 Å². The van der Waals surface area contributed by atoms with Gasteiger partial charge in [0.1, 0.15) is 5.75 Å². The van der Waals surface area contributed by atoms with Crippen LogP contribution in [-0.4, -0.2) is 59.6 Å². The van der Waals surface area contributed by atoms with Crippen LogP contribution in [0.2, 0.25) is 0 Å². The van der Waals surface area contributed by atoms with Gasteiger partial charge in [-0.2, -0.15) is 4.99 Å². The monoisotopic (exact) mass is 373 g/mol. The van der Waals surface area contributed by atoms with E-state index in [-0.39, 0.29) is 11.8 Å². The first-order chi connectivity index (χ1) is 12.6. The standard InChI is InChI=1S/C19H23N3O3S/c1-3-12-25-16-7-5-4-6-15(16)13-17-18(24)20-19(26-17)22-10-8-21(9-11-22)14(2)23/h4-7,13H,3,8-12H2,1-2H3. The Morgan fingerprint density at radius 3 is 2.69 bits per heavy atom. The molecule has 2 aliphatic rings. The largest absolute Gasteiger partial charge is 0.493 e. The van der Waals surface area contributed by atoms with Crippen LogP contribution in [0.3, 0.4) is 0 Å². The van der Waals surface area contributed by atoms with Crippen LogP contribution in [0.15, 0.2) is 34.2 Å². The van der Waals surface area contributed by atoms with E-state index in [4.69, 9.17) is 4.74 Å². The molecule has 1 saturated heterocycles. The van der Waals surface area contributed by atoms with Crippen molar-refractivity contribution in [1.82, 2.24) is 9.80 Å². The van der Waals surface area contributed by atoms with Gasteiger partial charge in [0.2, 0.25) is 5.91 Å². The van der Waals surface area contributed by atoms with Crippen molar-refractivity contribution >= 4 is 34.8 Å². The molecule has 1 aromatic rings. The van der Waals surface area contributed by atoms with E-state index >= 15 is 0 Å². The fourth-order valence-corrected chi connectivity index (χ4v) is 3.79. The third-order valence-corrected chi connectivity index (χ3v) is 5.32. The fourth-order valence-electron chi connectivity index (χ4n) is 2.83. The number of benzene rings is 1. The van der Waals surface area contributed by atoms with Crippen LogP contribution in [-0.2, 0) is 9.59 Å². The maximum atomic E-state index is 12.3. The molecule has 0 atom stereocenters. The molecule has 1 aromatic carbocycles. The molecule has 0 bridgehead atoms. The minimum atomic E-state index is -0.218. The third kappa shape index (κ3) is 4.27. The second-order valence-electron chi connectivity index (χ2n) is 6.19. The number of hydrogen-bond donors (Lipinski definition) is 0. The number of para-hydroxylation sites is 1. The van der Waals surface area contributed by atoms with E-state index in [0.29, 0.717) is 37.7 Å². The van der Waals surface area contributed by atoms with Crippen LogP contribution >= 0.6 is 11.8 Å². The Labute approximate surface area is 157 Å². The molecule has 1 fully saturated rings. The van der Waals surface area contributed by atoms with Crippen LogP contribution in [0.5, 0.6) is 5.75 Å². The molecule has 3 rings (SSSR count). The molecule has 2 aliphatic heterocycles. The van der Waals surface area contributed by atoms with Crippen LogP contribution in [0.1, 0.15) is 25.8 Å². The lowest BCUT2D eigenvalue weighted by Crippen LogP contribution is -2.49. The highest BCUT2D eigenvalue weighted by Gasteiger charge is 2.29. The normalized spacial score (nSPS) is 19.1. The second kappa shape index (κ2) is 8.40. The molecule has 0 spiro atoms. The maximum Gasteiger partial charge on any atom is 0.286 e. The molecule has 2 heterocycles. The summed E-state index contributed by atoms with van der Waals surface area (Å²) in [7, 11) is 0. The minimum absolute atomic E-state index is 0.0889. The number of carbonyl (C=O) groups excluding carboxylic acids is 2. The zero-order valence-corrected chi connectivity index (χ0v) is 15.9. The summed E-state index contributed by atoms with van der Waals surface area (Å²) in [5, 5.41) is 0.719. The SMILES string of the molecule is CCCOc1ccccc1C=C1SC(N2CCN(C(C)=O)CC2)=NC1=O. The molecule has 0 N–H and O–H groups in total. The molecular formula is C19H23N3O3S. The molecule has 0 unspecified atom stereocenters. The average Bonchev–Trinajstić information content (AvgIpc) is 3.01. The van der Waals surface area contributed by atoms with Crippen molar-refractivity contribution in [3.8, 4) is 5.75 Å². The Hall–Kier alpha value is -2.28. The minimum Gasteiger partial charge on any atom is -0.493 e. The van der Waals surface area contributed by atoms with Gasteiger partial charge in [-0.1, -0.05) is 25.1 Å². The van der Waals surface area contributed by atoms with E-state index in [1.54, 1.807) is 6.92 Å². The molecular weight excluding hydrogens is 350 g/mol. The molecule has 138 valence electrons. The van der Waals surface area contributed by atoms with Crippen molar-refractivity contribution in [1.29, 1.82) is 0 Å². The summed E-state index contributed by atoms with van der Waals surface area (Å²) in [5.41, 5.74) is 0.884. The molecule has 26 heavy (non-hydrogen) atoms. The number of ether oxygens (including phenoxy) is 1. The lowest BCUT2D eigenvalue weighted by Gasteiger charge is -2.34. The van der Waals surface area contributed by atoms with E-state index in [1.807, 2.05) is 35.2 Å². The molecule has 7 heteroatoms. The van der Waals surface area contributed by atoms with Crippen molar-refractivity contribution in [3.63, 3.8) is 0 Å². The highest BCUT2D eigenvalue weighted by atomic mass is 32.2. The summed E-state index contributed by atoms with van der Waals surface area (Å²) in [6.45, 7) is 7.00. The summed E-state index contributed by atoms with van der Waals surface area (Å²) in [6.07, 6.45) is 2.78. The van der Waals surface area contributed by atoms with E-state index in [9.17, 15) is 9.59 Å². The average molecular weight is 373 g/mol. The number of piperazine rings is 1. The Balaban J connectivity index is 1.69. The van der Waals surface area contributed by atoms with Gasteiger partial charge in [0.15, 0.2) is 5.17 Å². The third-order valence-electron chi connectivity index (χ3n) is 4.27. The number of nitrogens with zero attached hydrogens (tertiary/aromatic N) is 3. The van der Waals surface area contributed by atoms with E-state index < -0.39 is 0 Å². The Kier molecular flexibility index (Phi) is 5.98. The number of hydrogen-bond acceptors (Lipinski definition) is 5. The smallest absolute Gasteiger partial charge is 0.286 e. The zero-order chi connectivity index (χ0) is 18.5. The number of carbonyl (C=O) groups is 2. The predicted molar refractivity (Wildman–Crippen MR) is 104 cm³/mol. The lowest BCUT2D eigenvalue weighted by atomic mass is 10.2. The summed E-state index contributed by atoms with van der Waals surface area (Å²) in [4.78, 5) is 32.5. The number of rotatable bonds is 4. The molecule has 2 amide bonds. The fraction of sp³-hybridized carbons (Fsp3) is 0.421.